The molecule has 1 saturated carbocycles. The third kappa shape index (κ3) is 3.81. The Morgan fingerprint density at radius 2 is 2.00 bits per heavy atom. The highest BCUT2D eigenvalue weighted by atomic mass is 32.2. The van der Waals surface area contributed by atoms with Crippen molar-refractivity contribution in [3.8, 4) is 0 Å². The van der Waals surface area contributed by atoms with Crippen LogP contribution in [0.5, 0.6) is 0 Å². The van der Waals surface area contributed by atoms with Gasteiger partial charge >= 0.3 is 0 Å². The maximum absolute atomic E-state index is 12.6. The molecule has 2 rings (SSSR count). The van der Waals surface area contributed by atoms with Gasteiger partial charge in [0.25, 0.3) is 0 Å². The first kappa shape index (κ1) is 15.9. The number of sulfonamides is 1. The van der Waals surface area contributed by atoms with E-state index in [9.17, 15) is 8.42 Å². The van der Waals surface area contributed by atoms with Gasteiger partial charge in [0.2, 0.25) is 10.0 Å². The molecule has 1 heterocycles. The largest absolute Gasteiger partial charge is 0.310 e. The zero-order valence-corrected chi connectivity index (χ0v) is 14.0. The predicted molar refractivity (Wildman–Crippen MR) is 83.5 cm³/mol. The van der Waals surface area contributed by atoms with Gasteiger partial charge in [-0.2, -0.15) is 0 Å². The maximum atomic E-state index is 12.6. The van der Waals surface area contributed by atoms with Gasteiger partial charge in [0.1, 0.15) is 0 Å². The SMILES string of the molecule is CC(C)NCc1sccc1S(=O)(=O)NC1(C)CCCC1. The van der Waals surface area contributed by atoms with E-state index >= 15 is 0 Å². The van der Waals surface area contributed by atoms with Gasteiger partial charge in [-0.15, -0.1) is 11.3 Å². The molecular weight excluding hydrogens is 292 g/mol. The summed E-state index contributed by atoms with van der Waals surface area (Å²) in [6.45, 7) is 6.72. The van der Waals surface area contributed by atoms with E-state index < -0.39 is 10.0 Å². The number of hydrogen-bond donors (Lipinski definition) is 2. The Morgan fingerprint density at radius 3 is 2.60 bits per heavy atom. The molecule has 0 spiro atoms. The smallest absolute Gasteiger partial charge is 0.242 e. The summed E-state index contributed by atoms with van der Waals surface area (Å²) in [6.07, 6.45) is 4.06. The fourth-order valence-corrected chi connectivity index (χ4v) is 5.49. The maximum Gasteiger partial charge on any atom is 0.242 e. The van der Waals surface area contributed by atoms with Crippen LogP contribution in [0.4, 0.5) is 0 Å². The van der Waals surface area contributed by atoms with Gasteiger partial charge in [-0.1, -0.05) is 26.7 Å². The van der Waals surface area contributed by atoms with Crippen molar-refractivity contribution in [3.05, 3.63) is 16.3 Å². The van der Waals surface area contributed by atoms with E-state index in [0.29, 0.717) is 17.5 Å². The molecule has 0 aliphatic heterocycles. The quantitative estimate of drug-likeness (QED) is 0.848. The summed E-state index contributed by atoms with van der Waals surface area (Å²) < 4.78 is 28.1. The molecule has 1 fully saturated rings. The van der Waals surface area contributed by atoms with E-state index in [0.717, 1.165) is 30.6 Å². The van der Waals surface area contributed by atoms with Crippen molar-refractivity contribution in [2.45, 2.75) is 69.5 Å². The number of thiophene rings is 1. The van der Waals surface area contributed by atoms with Gasteiger partial charge < -0.3 is 5.32 Å². The molecule has 0 aromatic carbocycles. The molecule has 114 valence electrons. The minimum absolute atomic E-state index is 0.274. The van der Waals surface area contributed by atoms with Gasteiger partial charge in [0.15, 0.2) is 0 Å². The Labute approximate surface area is 126 Å². The third-order valence-electron chi connectivity index (χ3n) is 3.75. The van der Waals surface area contributed by atoms with Crippen LogP contribution >= 0.6 is 11.3 Å². The lowest BCUT2D eigenvalue weighted by Crippen LogP contribution is -2.43. The Bertz CT molecular complexity index is 543. The molecule has 2 N–H and O–H groups in total. The van der Waals surface area contributed by atoms with E-state index in [1.807, 2.05) is 12.3 Å². The molecule has 0 unspecified atom stereocenters. The molecule has 1 aliphatic carbocycles. The average Bonchev–Trinajstić information content (AvgIpc) is 2.94. The zero-order chi connectivity index (χ0) is 14.8. The van der Waals surface area contributed by atoms with Crippen molar-refractivity contribution in [3.63, 3.8) is 0 Å². The molecule has 1 aliphatic rings. The molecular formula is C14H24N2O2S2. The predicted octanol–water partition coefficient (Wildman–Crippen LogP) is 2.86. The molecule has 1 aromatic heterocycles. The van der Waals surface area contributed by atoms with Crippen molar-refractivity contribution >= 4 is 21.4 Å². The second-order valence-corrected chi connectivity index (χ2v) is 8.77. The Morgan fingerprint density at radius 1 is 1.35 bits per heavy atom. The third-order valence-corrected chi connectivity index (χ3v) is 6.53. The molecule has 1 aromatic rings. The fraction of sp³-hybridized carbons (Fsp3) is 0.714. The number of rotatable bonds is 6. The summed E-state index contributed by atoms with van der Waals surface area (Å²) in [5, 5.41) is 5.13. The zero-order valence-electron chi connectivity index (χ0n) is 12.4. The monoisotopic (exact) mass is 316 g/mol. The summed E-state index contributed by atoms with van der Waals surface area (Å²) in [7, 11) is -3.42. The lowest BCUT2D eigenvalue weighted by molar-refractivity contribution is 0.427. The van der Waals surface area contributed by atoms with Gasteiger partial charge in [-0.25, -0.2) is 13.1 Å². The van der Waals surface area contributed by atoms with E-state index in [1.54, 1.807) is 6.07 Å². The van der Waals surface area contributed by atoms with Crippen LogP contribution in [0.2, 0.25) is 0 Å². The van der Waals surface area contributed by atoms with Crippen molar-refractivity contribution in [2.24, 2.45) is 0 Å². The van der Waals surface area contributed by atoms with Crippen molar-refractivity contribution < 1.29 is 8.42 Å². The summed E-state index contributed by atoms with van der Waals surface area (Å²) in [5.74, 6) is 0. The van der Waals surface area contributed by atoms with E-state index in [-0.39, 0.29) is 5.54 Å². The van der Waals surface area contributed by atoms with E-state index in [2.05, 4.69) is 23.9 Å². The molecule has 0 amide bonds. The first-order chi connectivity index (χ1) is 9.32. The Kier molecular flexibility index (Phi) is 4.89. The fourth-order valence-electron chi connectivity index (χ4n) is 2.63. The summed E-state index contributed by atoms with van der Waals surface area (Å²) in [5.41, 5.74) is -0.274. The number of hydrogen-bond acceptors (Lipinski definition) is 4. The molecule has 0 saturated heterocycles. The standard InChI is InChI=1S/C14H24N2O2S2/c1-11(2)15-10-12-13(6-9-19-12)20(17,18)16-14(3)7-4-5-8-14/h6,9,11,15-16H,4-5,7-8,10H2,1-3H3. The second-order valence-electron chi connectivity index (χ2n) is 6.12. The molecule has 0 radical (unpaired) electrons. The summed E-state index contributed by atoms with van der Waals surface area (Å²) in [6, 6.07) is 2.05. The van der Waals surface area contributed by atoms with Gasteiger partial charge in [0.05, 0.1) is 4.90 Å². The van der Waals surface area contributed by atoms with Crippen LogP contribution in [-0.4, -0.2) is 20.0 Å². The minimum Gasteiger partial charge on any atom is -0.310 e. The highest BCUT2D eigenvalue weighted by Crippen LogP contribution is 2.32. The normalized spacial score (nSPS) is 18.8. The van der Waals surface area contributed by atoms with Crippen molar-refractivity contribution in [1.29, 1.82) is 0 Å². The summed E-state index contributed by atoms with van der Waals surface area (Å²) >= 11 is 1.49. The van der Waals surface area contributed by atoms with Gasteiger partial charge in [-0.3, -0.25) is 0 Å². The van der Waals surface area contributed by atoms with Crippen LogP contribution < -0.4 is 10.0 Å². The topological polar surface area (TPSA) is 58.2 Å². The lowest BCUT2D eigenvalue weighted by Gasteiger charge is -2.25. The van der Waals surface area contributed by atoms with Crippen LogP contribution in [0.3, 0.4) is 0 Å². The number of nitrogens with one attached hydrogen (secondary N) is 2. The van der Waals surface area contributed by atoms with Crippen LogP contribution in [0.25, 0.3) is 0 Å². The van der Waals surface area contributed by atoms with Crippen LogP contribution in [0.1, 0.15) is 51.3 Å². The first-order valence-corrected chi connectivity index (χ1v) is 9.52. The Balaban J connectivity index is 2.15. The summed E-state index contributed by atoms with van der Waals surface area (Å²) in [4.78, 5) is 1.32. The molecule has 0 atom stereocenters. The van der Waals surface area contributed by atoms with E-state index in [1.165, 1.54) is 11.3 Å². The molecule has 4 nitrogen and oxygen atoms in total. The van der Waals surface area contributed by atoms with Crippen molar-refractivity contribution in [1.82, 2.24) is 10.0 Å². The van der Waals surface area contributed by atoms with Crippen LogP contribution in [0, 0.1) is 0 Å². The highest BCUT2D eigenvalue weighted by molar-refractivity contribution is 7.89. The second kappa shape index (κ2) is 6.13. The Hall–Kier alpha value is -0.430. The highest BCUT2D eigenvalue weighted by Gasteiger charge is 2.34. The lowest BCUT2D eigenvalue weighted by atomic mass is 10.0. The average molecular weight is 316 g/mol. The molecule has 0 bridgehead atoms. The van der Waals surface area contributed by atoms with Gasteiger partial charge in [0, 0.05) is 23.0 Å². The minimum atomic E-state index is -3.42. The van der Waals surface area contributed by atoms with Crippen LogP contribution in [-0.2, 0) is 16.6 Å². The van der Waals surface area contributed by atoms with Crippen LogP contribution in [0.15, 0.2) is 16.3 Å². The molecule has 6 heteroatoms. The first-order valence-electron chi connectivity index (χ1n) is 7.16. The molecule has 20 heavy (non-hydrogen) atoms. The van der Waals surface area contributed by atoms with Crippen molar-refractivity contribution in [2.75, 3.05) is 0 Å². The van der Waals surface area contributed by atoms with Gasteiger partial charge in [-0.05, 0) is 31.2 Å². The van der Waals surface area contributed by atoms with E-state index in [4.69, 9.17) is 0 Å².